The number of rotatable bonds is 11. The van der Waals surface area contributed by atoms with Gasteiger partial charge in [0, 0.05) is 45.7 Å². The number of aromatic nitrogens is 3. The molecule has 1 radical (unpaired) electrons. The van der Waals surface area contributed by atoms with Gasteiger partial charge < -0.3 is 10.5 Å². The van der Waals surface area contributed by atoms with Crippen molar-refractivity contribution in [3.05, 3.63) is 53.0 Å². The maximum Gasteiger partial charge on any atom is 0.243 e. The molecule has 0 unspecified atom stereocenters. The summed E-state index contributed by atoms with van der Waals surface area (Å²) in [5.41, 5.74) is 12.8. The fraction of sp³-hybridized carbons (Fsp3) is 0.583. The quantitative estimate of drug-likeness (QED) is 0.338. The monoisotopic (exact) mass is 543 g/mol. The number of amides is 2. The largest absolute Gasteiger partial charge is 0.632 e. The Balaban J connectivity index is 0.00000324. The number of benzene rings is 1. The second-order valence-corrected chi connectivity index (χ2v) is 8.98. The van der Waals surface area contributed by atoms with E-state index in [1.54, 1.807) is 0 Å². The molecular formula is C24H32N5O4Y-. The average Bonchev–Trinajstić information content (AvgIpc) is 3.31. The summed E-state index contributed by atoms with van der Waals surface area (Å²) in [6, 6.07) is 9.73. The number of hydrogen-bond donors (Lipinski definition) is 1. The van der Waals surface area contributed by atoms with Crippen molar-refractivity contribution < 1.29 is 51.9 Å². The molecule has 0 spiro atoms. The summed E-state index contributed by atoms with van der Waals surface area (Å²) in [5, 5.41) is 8.79. The van der Waals surface area contributed by atoms with E-state index in [1.165, 1.54) is 5.69 Å². The summed E-state index contributed by atoms with van der Waals surface area (Å²) in [6.45, 7) is 1.54. The minimum absolute atomic E-state index is 0. The molecule has 34 heavy (non-hydrogen) atoms. The Kier molecular flexibility index (Phi) is 10.5. The first-order valence-electron chi connectivity index (χ1n) is 11.9. The van der Waals surface area contributed by atoms with E-state index < -0.39 is 6.09 Å². The maximum absolute atomic E-state index is 11.9. The number of hydrogen-bond acceptors (Lipinski definition) is 6. The zero-order valence-corrected chi connectivity index (χ0v) is 22.3. The van der Waals surface area contributed by atoms with Crippen molar-refractivity contribution in [2.45, 2.75) is 64.5 Å². The van der Waals surface area contributed by atoms with Crippen LogP contribution in [-0.4, -0.2) is 33.6 Å². The van der Waals surface area contributed by atoms with Crippen LogP contribution >= 0.6 is 0 Å². The summed E-state index contributed by atoms with van der Waals surface area (Å²) >= 11 is 0. The van der Waals surface area contributed by atoms with Crippen molar-refractivity contribution in [2.75, 3.05) is 6.61 Å². The van der Waals surface area contributed by atoms with Crippen LogP contribution in [0.15, 0.2) is 30.3 Å². The van der Waals surface area contributed by atoms with E-state index in [1.807, 2.05) is 35.0 Å². The molecule has 1 saturated carbocycles. The van der Waals surface area contributed by atoms with E-state index in [9.17, 15) is 9.59 Å². The normalized spacial score (nSPS) is 20.6. The number of fused-ring (bicyclic) bond motifs is 2. The van der Waals surface area contributed by atoms with E-state index in [0.29, 0.717) is 37.4 Å². The summed E-state index contributed by atoms with van der Waals surface area (Å²) in [5.74, 6) is 1.45. The van der Waals surface area contributed by atoms with Gasteiger partial charge in [0.2, 0.25) is 12.0 Å². The third-order valence-electron chi connectivity index (χ3n) is 6.80. The molecular weight excluding hydrogens is 511 g/mol. The molecule has 181 valence electrons. The van der Waals surface area contributed by atoms with Gasteiger partial charge >= 0.3 is 0 Å². The molecule has 0 aliphatic heterocycles. The van der Waals surface area contributed by atoms with Crippen LogP contribution in [0.25, 0.3) is 5.73 Å². The van der Waals surface area contributed by atoms with Gasteiger partial charge in [-0.05, 0) is 61.8 Å². The van der Waals surface area contributed by atoms with Gasteiger partial charge in [0.05, 0.1) is 24.6 Å². The fourth-order valence-electron chi connectivity index (χ4n) is 4.97. The molecule has 2 aliphatic carbocycles. The Labute approximate surface area is 225 Å². The van der Waals surface area contributed by atoms with Crippen molar-refractivity contribution in [3.63, 3.8) is 0 Å². The van der Waals surface area contributed by atoms with Crippen LogP contribution in [0.4, 0.5) is 4.79 Å². The fourth-order valence-corrected chi connectivity index (χ4v) is 4.97. The Morgan fingerprint density at radius 2 is 1.85 bits per heavy atom. The van der Waals surface area contributed by atoms with Crippen LogP contribution in [0.2, 0.25) is 0 Å². The number of carbonyl (C=O) groups is 2. The van der Waals surface area contributed by atoms with Crippen molar-refractivity contribution in [3.8, 4) is 0 Å². The van der Waals surface area contributed by atoms with Crippen molar-refractivity contribution >= 4 is 12.0 Å². The van der Waals surface area contributed by atoms with E-state index in [4.69, 9.17) is 15.3 Å². The van der Waals surface area contributed by atoms with Gasteiger partial charge in [0.15, 0.2) is 0 Å². The molecule has 1 aromatic heterocycles. The second kappa shape index (κ2) is 13.3. The molecule has 3 atom stereocenters. The first-order valence-corrected chi connectivity index (χ1v) is 11.9. The molecule has 4 rings (SSSR count). The first-order chi connectivity index (χ1) is 16.1. The van der Waals surface area contributed by atoms with Crippen LogP contribution in [0.5, 0.6) is 0 Å². The molecule has 9 nitrogen and oxygen atoms in total. The first kappa shape index (κ1) is 26.8. The number of ether oxygens (including phenoxy) is 1. The average molecular weight is 543 g/mol. The number of nitrogens with one attached hydrogen (secondary N) is 2. The standard InChI is InChI=1S/C24H33N5O4.Y/c25-24(31)32-16-20-18-10-12-21-22(13-11-19(18)20)29(28-26-21)14-6-2-5-9-23(30)27-33-15-17-7-3-1-4-8-17;/h1,3-4,7-8,18-20H,2,5-6,9-16H2,(H3,25,27,30,31);/p-1/t18-,19+,20-;/m0./s1. The second-order valence-electron chi connectivity index (χ2n) is 8.98. The van der Waals surface area contributed by atoms with Gasteiger partial charge in [-0.25, -0.2) is 10.2 Å². The van der Waals surface area contributed by atoms with Crippen molar-refractivity contribution in [2.24, 2.45) is 17.8 Å². The van der Waals surface area contributed by atoms with Crippen molar-refractivity contribution in [1.82, 2.24) is 20.5 Å². The van der Waals surface area contributed by atoms with Gasteiger partial charge in [-0.1, -0.05) is 42.0 Å². The predicted octanol–water partition coefficient (Wildman–Crippen LogP) is 4.01. The van der Waals surface area contributed by atoms with E-state index in [0.717, 1.165) is 62.7 Å². The Morgan fingerprint density at radius 3 is 2.62 bits per heavy atom. The summed E-state index contributed by atoms with van der Waals surface area (Å²) in [7, 11) is 0. The smallest absolute Gasteiger partial charge is 0.243 e. The van der Waals surface area contributed by atoms with E-state index in [2.05, 4.69) is 15.8 Å². The number of aryl methyl sites for hydroxylation is 2. The van der Waals surface area contributed by atoms with Crippen LogP contribution < -0.4 is 5.48 Å². The van der Waals surface area contributed by atoms with Gasteiger partial charge in [-0.3, -0.25) is 14.4 Å². The number of carbonyl (C=O) groups excluding carboxylic acids is 2. The van der Waals surface area contributed by atoms with Gasteiger partial charge in [-0.2, -0.15) is 0 Å². The van der Waals surface area contributed by atoms with Crippen LogP contribution in [0.1, 0.15) is 55.5 Å². The molecule has 2 amide bonds. The molecule has 2 N–H and O–H groups in total. The van der Waals surface area contributed by atoms with Gasteiger partial charge in [-0.15, -0.1) is 5.10 Å². The SMILES string of the molecule is [NH-]C(=O)OC[C@@H]1[C@@H]2CCc3c(nnn3CCCCCC(=O)NOCc3ccccc3)CC[C@@H]21.[Y]. The third kappa shape index (κ3) is 7.58. The molecule has 1 aromatic carbocycles. The maximum atomic E-state index is 11.9. The summed E-state index contributed by atoms with van der Waals surface area (Å²) in [6.07, 6.45) is 6.13. The molecule has 0 bridgehead atoms. The molecule has 1 heterocycles. The van der Waals surface area contributed by atoms with Crippen LogP contribution in [0.3, 0.4) is 0 Å². The Bertz CT molecular complexity index is 939. The zero-order valence-electron chi connectivity index (χ0n) is 19.4. The van der Waals surface area contributed by atoms with E-state index >= 15 is 0 Å². The van der Waals surface area contributed by atoms with E-state index in [-0.39, 0.29) is 38.6 Å². The third-order valence-corrected chi connectivity index (χ3v) is 6.80. The Morgan fingerprint density at radius 1 is 1.09 bits per heavy atom. The predicted molar refractivity (Wildman–Crippen MR) is 121 cm³/mol. The number of hydroxylamine groups is 1. The van der Waals surface area contributed by atoms with Crippen LogP contribution in [0, 0.1) is 17.8 Å². The number of nitrogens with zero attached hydrogens (tertiary/aromatic N) is 3. The molecule has 0 saturated heterocycles. The summed E-state index contributed by atoms with van der Waals surface area (Å²) in [4.78, 5) is 28.0. The van der Waals surface area contributed by atoms with Gasteiger partial charge in [0.25, 0.3) is 0 Å². The summed E-state index contributed by atoms with van der Waals surface area (Å²) < 4.78 is 6.94. The number of unbranched alkanes of at least 4 members (excludes halogenated alkanes) is 2. The molecule has 2 aromatic rings. The van der Waals surface area contributed by atoms with Gasteiger partial charge in [0.1, 0.15) is 0 Å². The molecule has 2 aliphatic rings. The topological polar surface area (TPSA) is 119 Å². The molecule has 1 fully saturated rings. The minimum atomic E-state index is -0.938. The zero-order chi connectivity index (χ0) is 23.0. The van der Waals surface area contributed by atoms with Crippen LogP contribution in [-0.2, 0) is 73.1 Å². The molecule has 10 heteroatoms. The van der Waals surface area contributed by atoms with Crippen molar-refractivity contribution in [1.29, 1.82) is 0 Å². The Hall–Kier alpha value is -1.84. The minimum Gasteiger partial charge on any atom is -0.632 e.